The zero-order valence-corrected chi connectivity index (χ0v) is 15.2. The highest BCUT2D eigenvalue weighted by Crippen LogP contribution is 2.20. The van der Waals surface area contributed by atoms with Gasteiger partial charge in [0.15, 0.2) is 6.10 Å². The summed E-state index contributed by atoms with van der Waals surface area (Å²) < 4.78 is 4.74. The van der Waals surface area contributed by atoms with Crippen LogP contribution >= 0.6 is 11.6 Å². The van der Waals surface area contributed by atoms with Crippen LogP contribution in [0.15, 0.2) is 18.2 Å². The van der Waals surface area contributed by atoms with E-state index in [2.05, 4.69) is 16.0 Å². The molecule has 0 aliphatic carbocycles. The van der Waals surface area contributed by atoms with Crippen molar-refractivity contribution in [2.75, 3.05) is 19.0 Å². The molecule has 0 bridgehead atoms. The van der Waals surface area contributed by atoms with E-state index < -0.39 is 29.6 Å². The zero-order valence-electron chi connectivity index (χ0n) is 14.5. The van der Waals surface area contributed by atoms with Gasteiger partial charge in [-0.15, -0.1) is 0 Å². The number of benzene rings is 1. The zero-order chi connectivity index (χ0) is 19.2. The number of carbonyl (C=O) groups excluding carboxylic acids is 2. The van der Waals surface area contributed by atoms with Gasteiger partial charge in [0, 0.05) is 18.3 Å². The SMILES string of the molecule is COC(CNC(=O)c1cc(NC(=O)NC(C)(C)C)ccc1Cl)C(=O)O. The van der Waals surface area contributed by atoms with Crippen molar-refractivity contribution < 1.29 is 24.2 Å². The van der Waals surface area contributed by atoms with Crippen molar-refractivity contribution in [1.29, 1.82) is 0 Å². The van der Waals surface area contributed by atoms with Crippen molar-refractivity contribution in [2.24, 2.45) is 0 Å². The Morgan fingerprint density at radius 3 is 2.44 bits per heavy atom. The molecule has 138 valence electrons. The molecule has 0 heterocycles. The van der Waals surface area contributed by atoms with Crippen LogP contribution in [0.1, 0.15) is 31.1 Å². The highest BCUT2D eigenvalue weighted by atomic mass is 35.5. The van der Waals surface area contributed by atoms with Gasteiger partial charge in [0.2, 0.25) is 0 Å². The largest absolute Gasteiger partial charge is 0.479 e. The Hall–Kier alpha value is -2.32. The van der Waals surface area contributed by atoms with Crippen molar-refractivity contribution in [3.05, 3.63) is 28.8 Å². The third kappa shape index (κ3) is 6.98. The molecule has 0 spiro atoms. The second-order valence-corrected chi connectivity index (χ2v) is 6.70. The number of aliphatic carboxylic acids is 1. The monoisotopic (exact) mass is 371 g/mol. The topological polar surface area (TPSA) is 117 Å². The van der Waals surface area contributed by atoms with E-state index >= 15 is 0 Å². The maximum Gasteiger partial charge on any atom is 0.334 e. The number of carboxylic acids is 1. The highest BCUT2D eigenvalue weighted by Gasteiger charge is 2.19. The number of urea groups is 1. The van der Waals surface area contributed by atoms with Crippen molar-refractivity contribution in [3.8, 4) is 0 Å². The highest BCUT2D eigenvalue weighted by molar-refractivity contribution is 6.34. The lowest BCUT2D eigenvalue weighted by atomic mass is 10.1. The quantitative estimate of drug-likeness (QED) is 0.611. The first-order valence-corrected chi connectivity index (χ1v) is 7.84. The fraction of sp³-hybridized carbons (Fsp3) is 0.438. The Bertz CT molecular complexity index is 658. The third-order valence-electron chi connectivity index (χ3n) is 2.97. The lowest BCUT2D eigenvalue weighted by molar-refractivity contribution is -0.148. The molecule has 0 aliphatic rings. The maximum absolute atomic E-state index is 12.2. The molecule has 4 N–H and O–H groups in total. The third-order valence-corrected chi connectivity index (χ3v) is 3.29. The molecule has 25 heavy (non-hydrogen) atoms. The van der Waals surface area contributed by atoms with Gasteiger partial charge in [0.25, 0.3) is 5.91 Å². The molecule has 0 saturated heterocycles. The number of methoxy groups -OCH3 is 1. The van der Waals surface area contributed by atoms with Crippen LogP contribution in [-0.4, -0.2) is 48.3 Å². The summed E-state index contributed by atoms with van der Waals surface area (Å²) in [5.41, 5.74) is 0.0659. The van der Waals surface area contributed by atoms with E-state index in [9.17, 15) is 14.4 Å². The fourth-order valence-electron chi connectivity index (χ4n) is 1.83. The Labute approximate surface area is 150 Å². The second kappa shape index (κ2) is 8.68. The summed E-state index contributed by atoms with van der Waals surface area (Å²) in [4.78, 5) is 35.0. The van der Waals surface area contributed by atoms with Crippen LogP contribution in [0.2, 0.25) is 5.02 Å². The summed E-state index contributed by atoms with van der Waals surface area (Å²) in [7, 11) is 1.23. The predicted molar refractivity (Wildman–Crippen MR) is 94.1 cm³/mol. The summed E-state index contributed by atoms with van der Waals surface area (Å²) in [6.07, 6.45) is -1.17. The maximum atomic E-state index is 12.2. The molecule has 0 aromatic heterocycles. The standard InChI is InChI=1S/C16H22ClN3O5/c1-16(2,3)20-15(24)19-9-5-6-11(17)10(7-9)13(21)18-8-12(25-4)14(22)23/h5-7,12H,8H2,1-4H3,(H,18,21)(H,22,23)(H2,19,20,24). The molecule has 0 aliphatic heterocycles. The fourth-order valence-corrected chi connectivity index (χ4v) is 2.04. The van der Waals surface area contributed by atoms with Crippen molar-refractivity contribution >= 4 is 35.2 Å². The number of nitrogens with one attached hydrogen (secondary N) is 3. The molecule has 0 radical (unpaired) electrons. The van der Waals surface area contributed by atoms with Crippen LogP contribution in [0.5, 0.6) is 0 Å². The van der Waals surface area contributed by atoms with Crippen LogP contribution < -0.4 is 16.0 Å². The van der Waals surface area contributed by atoms with Gasteiger partial charge in [-0.05, 0) is 39.0 Å². The van der Waals surface area contributed by atoms with Crippen LogP contribution in [0, 0.1) is 0 Å². The van der Waals surface area contributed by atoms with Crippen LogP contribution in [0.4, 0.5) is 10.5 Å². The smallest absolute Gasteiger partial charge is 0.334 e. The molecule has 1 aromatic rings. The number of hydrogen-bond donors (Lipinski definition) is 4. The average Bonchev–Trinajstić information content (AvgIpc) is 2.47. The minimum atomic E-state index is -1.19. The minimum Gasteiger partial charge on any atom is -0.479 e. The van der Waals surface area contributed by atoms with E-state index in [0.29, 0.717) is 5.69 Å². The van der Waals surface area contributed by atoms with E-state index in [4.69, 9.17) is 21.4 Å². The van der Waals surface area contributed by atoms with Gasteiger partial charge in [-0.3, -0.25) is 4.79 Å². The predicted octanol–water partition coefficient (Wildman–Crippen LogP) is 2.09. The number of anilines is 1. The van der Waals surface area contributed by atoms with Gasteiger partial charge in [-0.2, -0.15) is 0 Å². The number of amides is 3. The summed E-state index contributed by atoms with van der Waals surface area (Å²) in [6.45, 7) is 5.29. The summed E-state index contributed by atoms with van der Waals surface area (Å²) >= 11 is 6.01. The van der Waals surface area contributed by atoms with Crippen molar-refractivity contribution in [1.82, 2.24) is 10.6 Å². The number of hydrogen-bond acceptors (Lipinski definition) is 4. The summed E-state index contributed by atoms with van der Waals surface area (Å²) in [5, 5.41) is 16.8. The molecule has 3 amide bonds. The minimum absolute atomic E-state index is 0.107. The molecule has 8 nitrogen and oxygen atoms in total. The van der Waals surface area contributed by atoms with Crippen molar-refractivity contribution in [3.63, 3.8) is 0 Å². The van der Waals surface area contributed by atoms with Gasteiger partial charge < -0.3 is 25.8 Å². The first-order valence-electron chi connectivity index (χ1n) is 7.46. The normalized spacial score (nSPS) is 12.2. The molecule has 0 fully saturated rings. The number of ether oxygens (including phenoxy) is 1. The molecular formula is C16H22ClN3O5. The Morgan fingerprint density at radius 1 is 1.28 bits per heavy atom. The van der Waals surface area contributed by atoms with E-state index in [0.717, 1.165) is 0 Å². The summed E-state index contributed by atoms with van der Waals surface area (Å²) in [5.74, 6) is -1.77. The first kappa shape index (κ1) is 20.7. The number of carbonyl (C=O) groups is 3. The molecule has 1 atom stereocenters. The second-order valence-electron chi connectivity index (χ2n) is 6.30. The van der Waals surface area contributed by atoms with Gasteiger partial charge in [0.05, 0.1) is 17.1 Å². The van der Waals surface area contributed by atoms with E-state index in [-0.39, 0.29) is 17.1 Å². The molecule has 0 saturated carbocycles. The molecule has 1 unspecified atom stereocenters. The average molecular weight is 372 g/mol. The van der Waals surface area contributed by atoms with E-state index in [1.54, 1.807) is 6.07 Å². The lowest BCUT2D eigenvalue weighted by Gasteiger charge is -2.21. The molecule has 9 heteroatoms. The Morgan fingerprint density at radius 2 is 1.92 bits per heavy atom. The molecule has 1 aromatic carbocycles. The van der Waals surface area contributed by atoms with E-state index in [1.165, 1.54) is 19.2 Å². The van der Waals surface area contributed by atoms with Crippen LogP contribution in [0.3, 0.4) is 0 Å². The number of carboxylic acid groups (broad SMARTS) is 1. The van der Waals surface area contributed by atoms with Crippen LogP contribution in [0.25, 0.3) is 0 Å². The Balaban J connectivity index is 2.81. The van der Waals surface area contributed by atoms with E-state index in [1.807, 2.05) is 20.8 Å². The molecule has 1 rings (SSSR count). The van der Waals surface area contributed by atoms with Gasteiger partial charge in [-0.1, -0.05) is 11.6 Å². The van der Waals surface area contributed by atoms with Gasteiger partial charge >= 0.3 is 12.0 Å². The molecular weight excluding hydrogens is 350 g/mol. The lowest BCUT2D eigenvalue weighted by Crippen LogP contribution is -2.43. The number of halogens is 1. The Kier molecular flexibility index (Phi) is 7.20. The number of rotatable bonds is 6. The van der Waals surface area contributed by atoms with Gasteiger partial charge in [0.1, 0.15) is 0 Å². The summed E-state index contributed by atoms with van der Waals surface area (Å²) in [6, 6.07) is 4.00. The van der Waals surface area contributed by atoms with Crippen LogP contribution in [-0.2, 0) is 9.53 Å². The van der Waals surface area contributed by atoms with Gasteiger partial charge in [-0.25, -0.2) is 9.59 Å². The first-order chi connectivity index (χ1) is 11.5. The van der Waals surface area contributed by atoms with Crippen molar-refractivity contribution in [2.45, 2.75) is 32.4 Å².